The summed E-state index contributed by atoms with van der Waals surface area (Å²) in [5.74, 6) is -2.10. The van der Waals surface area contributed by atoms with Crippen molar-refractivity contribution >= 4 is 17.9 Å². The molecule has 0 aromatic heterocycles. The molecular weight excluding hydrogens is 364 g/mol. The Morgan fingerprint density at radius 3 is 2.07 bits per heavy atom. The van der Waals surface area contributed by atoms with Crippen LogP contribution in [0.25, 0.3) is 0 Å². The number of ether oxygens (including phenoxy) is 4. The van der Waals surface area contributed by atoms with Crippen molar-refractivity contribution in [3.63, 3.8) is 0 Å². The Morgan fingerprint density at radius 1 is 1.04 bits per heavy atom. The maximum Gasteiger partial charge on any atom is 0.340 e. The van der Waals surface area contributed by atoms with Gasteiger partial charge in [0.25, 0.3) is 0 Å². The van der Waals surface area contributed by atoms with Crippen molar-refractivity contribution in [2.75, 3.05) is 21.3 Å². The molecule has 0 N–H and O–H groups in total. The summed E-state index contributed by atoms with van der Waals surface area (Å²) in [5, 5.41) is 0. The number of esters is 3. The lowest BCUT2D eigenvalue weighted by molar-refractivity contribution is -0.163. The van der Waals surface area contributed by atoms with Gasteiger partial charge in [-0.25, -0.2) is 4.79 Å². The molecule has 0 saturated heterocycles. The zero-order valence-electron chi connectivity index (χ0n) is 17.0. The van der Waals surface area contributed by atoms with Crippen molar-refractivity contribution in [1.29, 1.82) is 0 Å². The summed E-state index contributed by atoms with van der Waals surface area (Å²) in [4.78, 5) is 36.7. The fourth-order valence-corrected chi connectivity index (χ4v) is 2.63. The highest BCUT2D eigenvalue weighted by Gasteiger charge is 2.41. The third-order valence-corrected chi connectivity index (χ3v) is 4.26. The largest absolute Gasteiger partial charge is 0.468 e. The Balaban J connectivity index is 3.03. The van der Waals surface area contributed by atoms with Gasteiger partial charge in [-0.1, -0.05) is 49.8 Å². The highest BCUT2D eigenvalue weighted by atomic mass is 16.6. The Labute approximate surface area is 165 Å². The molecule has 28 heavy (non-hydrogen) atoms. The molecule has 0 amide bonds. The van der Waals surface area contributed by atoms with E-state index in [2.05, 4.69) is 0 Å². The molecule has 154 valence electrons. The molecule has 0 unspecified atom stereocenters. The van der Waals surface area contributed by atoms with E-state index in [1.54, 1.807) is 24.3 Å². The van der Waals surface area contributed by atoms with Gasteiger partial charge >= 0.3 is 17.9 Å². The zero-order valence-corrected chi connectivity index (χ0v) is 17.0. The van der Waals surface area contributed by atoms with E-state index in [1.165, 1.54) is 40.4 Å². The van der Waals surface area contributed by atoms with Crippen LogP contribution in [0, 0.1) is 5.41 Å². The second-order valence-corrected chi connectivity index (χ2v) is 6.34. The van der Waals surface area contributed by atoms with Gasteiger partial charge in [-0.2, -0.15) is 0 Å². The van der Waals surface area contributed by atoms with Gasteiger partial charge in [0.2, 0.25) is 0 Å². The van der Waals surface area contributed by atoms with Crippen LogP contribution >= 0.6 is 0 Å². The lowest BCUT2D eigenvalue weighted by Crippen LogP contribution is -2.37. The molecule has 0 spiro atoms. The van der Waals surface area contributed by atoms with Gasteiger partial charge in [-0.05, 0) is 25.0 Å². The molecule has 0 heterocycles. The van der Waals surface area contributed by atoms with Crippen LogP contribution in [0.5, 0.6) is 0 Å². The smallest absolute Gasteiger partial charge is 0.340 e. The molecule has 1 aromatic carbocycles. The average molecular weight is 392 g/mol. The number of carbonyl (C=O) groups excluding carboxylic acids is 3. The summed E-state index contributed by atoms with van der Waals surface area (Å²) in [6.07, 6.45) is 2.56. The molecule has 0 bridgehead atoms. The highest BCUT2D eigenvalue weighted by molar-refractivity contribution is 6.01. The molecule has 1 rings (SSSR count). The molecule has 0 saturated carbocycles. The molecular formula is C21H28O7. The molecule has 0 aliphatic carbocycles. The van der Waals surface area contributed by atoms with Crippen LogP contribution in [0.1, 0.15) is 38.4 Å². The highest BCUT2D eigenvalue weighted by Crippen LogP contribution is 2.25. The molecule has 7 nitrogen and oxygen atoms in total. The number of benzene rings is 1. The number of rotatable bonds is 10. The summed E-state index contributed by atoms with van der Waals surface area (Å²) >= 11 is 0. The summed E-state index contributed by atoms with van der Waals surface area (Å²) in [6, 6.07) is 8.98. The maximum atomic E-state index is 12.6. The van der Waals surface area contributed by atoms with E-state index >= 15 is 0 Å². The maximum absolute atomic E-state index is 12.6. The van der Waals surface area contributed by atoms with E-state index < -0.39 is 35.5 Å². The lowest BCUT2D eigenvalue weighted by Gasteiger charge is -2.22. The Morgan fingerprint density at radius 2 is 1.61 bits per heavy atom. The summed E-state index contributed by atoms with van der Waals surface area (Å²) in [5.41, 5.74) is -0.967. The standard InChI is InChI=1S/C21H28O7/c1-6-10-16(13-14-21(2,19(23)26-4)20(24)27-5)28-18(22)17(25-3)15-11-8-7-9-12-15/h7-9,11-14,16-17H,6,10H2,1-5H3/b14-13+/t16-,17+/m1/s1. The first kappa shape index (κ1) is 23.4. The number of hydrogen-bond acceptors (Lipinski definition) is 7. The van der Waals surface area contributed by atoms with Crippen LogP contribution in [0.4, 0.5) is 0 Å². The molecule has 7 heteroatoms. The van der Waals surface area contributed by atoms with E-state index in [9.17, 15) is 14.4 Å². The van der Waals surface area contributed by atoms with Crippen LogP contribution in [-0.4, -0.2) is 45.3 Å². The first-order valence-corrected chi connectivity index (χ1v) is 8.98. The van der Waals surface area contributed by atoms with E-state index in [0.29, 0.717) is 12.0 Å². The minimum Gasteiger partial charge on any atom is -0.468 e. The van der Waals surface area contributed by atoms with Crippen molar-refractivity contribution in [1.82, 2.24) is 0 Å². The van der Waals surface area contributed by atoms with Gasteiger partial charge in [0, 0.05) is 7.11 Å². The fraction of sp³-hybridized carbons (Fsp3) is 0.476. The molecule has 0 radical (unpaired) electrons. The van der Waals surface area contributed by atoms with E-state index in [-0.39, 0.29) is 0 Å². The van der Waals surface area contributed by atoms with Crippen molar-refractivity contribution in [3.8, 4) is 0 Å². The van der Waals surface area contributed by atoms with Gasteiger partial charge in [0.05, 0.1) is 14.2 Å². The minimum atomic E-state index is -1.64. The van der Waals surface area contributed by atoms with E-state index in [1.807, 2.05) is 13.0 Å². The predicted molar refractivity (Wildman–Crippen MR) is 102 cm³/mol. The van der Waals surface area contributed by atoms with Crippen LogP contribution in [-0.2, 0) is 33.3 Å². The SMILES string of the molecule is CCC[C@H](/C=C/C(C)(C(=O)OC)C(=O)OC)OC(=O)[C@@H](OC)c1ccccc1. The normalized spacial score (nSPS) is 13.6. The van der Waals surface area contributed by atoms with Crippen LogP contribution in [0.15, 0.2) is 42.5 Å². The second-order valence-electron chi connectivity index (χ2n) is 6.34. The monoisotopic (exact) mass is 392 g/mol. The second kappa shape index (κ2) is 11.2. The van der Waals surface area contributed by atoms with Crippen molar-refractivity contribution in [3.05, 3.63) is 48.0 Å². The minimum absolute atomic E-state index is 0.506. The summed E-state index contributed by atoms with van der Waals surface area (Å²) in [7, 11) is 3.79. The Kier molecular flexibility index (Phi) is 9.38. The molecule has 0 aliphatic heterocycles. The van der Waals surface area contributed by atoms with Crippen LogP contribution < -0.4 is 0 Å². The predicted octanol–water partition coefficient (Wildman–Crippen LogP) is 2.99. The van der Waals surface area contributed by atoms with E-state index in [4.69, 9.17) is 18.9 Å². The summed E-state index contributed by atoms with van der Waals surface area (Å²) < 4.78 is 20.3. The van der Waals surface area contributed by atoms with Gasteiger partial charge in [-0.3, -0.25) is 9.59 Å². The zero-order chi connectivity index (χ0) is 21.2. The first-order valence-electron chi connectivity index (χ1n) is 8.98. The fourth-order valence-electron chi connectivity index (χ4n) is 2.63. The van der Waals surface area contributed by atoms with Crippen molar-refractivity contribution < 1.29 is 33.3 Å². The molecule has 2 atom stereocenters. The van der Waals surface area contributed by atoms with Gasteiger partial charge in [0.15, 0.2) is 11.5 Å². The Hall–Kier alpha value is -2.67. The van der Waals surface area contributed by atoms with Crippen molar-refractivity contribution in [2.45, 2.75) is 38.9 Å². The Bertz CT molecular complexity index is 665. The topological polar surface area (TPSA) is 88.1 Å². The molecule has 1 aromatic rings. The van der Waals surface area contributed by atoms with Crippen LogP contribution in [0.2, 0.25) is 0 Å². The quantitative estimate of drug-likeness (QED) is 0.262. The molecule has 0 fully saturated rings. The van der Waals surface area contributed by atoms with Crippen LogP contribution in [0.3, 0.4) is 0 Å². The van der Waals surface area contributed by atoms with Gasteiger partial charge < -0.3 is 18.9 Å². The van der Waals surface area contributed by atoms with Gasteiger partial charge in [0.1, 0.15) is 6.10 Å². The number of methoxy groups -OCH3 is 3. The average Bonchev–Trinajstić information content (AvgIpc) is 2.71. The van der Waals surface area contributed by atoms with E-state index in [0.717, 1.165) is 6.42 Å². The lowest BCUT2D eigenvalue weighted by atomic mass is 9.89. The summed E-state index contributed by atoms with van der Waals surface area (Å²) in [6.45, 7) is 3.31. The first-order chi connectivity index (χ1) is 13.3. The van der Waals surface area contributed by atoms with Gasteiger partial charge in [-0.15, -0.1) is 0 Å². The third-order valence-electron chi connectivity index (χ3n) is 4.26. The molecule has 0 aliphatic rings. The van der Waals surface area contributed by atoms with Crippen molar-refractivity contribution in [2.24, 2.45) is 5.41 Å². The number of hydrogen-bond donors (Lipinski definition) is 0. The number of carbonyl (C=O) groups is 3. The third kappa shape index (κ3) is 5.92.